The summed E-state index contributed by atoms with van der Waals surface area (Å²) >= 11 is 0. The highest BCUT2D eigenvalue weighted by molar-refractivity contribution is 5.05. The van der Waals surface area contributed by atoms with Gasteiger partial charge in [-0.1, -0.05) is 0 Å². The van der Waals surface area contributed by atoms with E-state index in [-0.39, 0.29) is 6.54 Å². The normalized spacial score (nSPS) is 38.7. The molecule has 0 aromatic carbocycles. The SMILES string of the molecule is NC[C@H]1[C@@H](CO)C1(F)F. The number of hydrogen-bond acceptors (Lipinski definition) is 2. The minimum absolute atomic E-state index is 0.0295. The lowest BCUT2D eigenvalue weighted by Crippen LogP contribution is -2.06. The van der Waals surface area contributed by atoms with Crippen molar-refractivity contribution in [3.8, 4) is 0 Å². The molecule has 0 spiro atoms. The van der Waals surface area contributed by atoms with E-state index in [0.717, 1.165) is 0 Å². The molecule has 0 aromatic heterocycles. The predicted octanol–water partition coefficient (Wildman–Crippen LogP) is -0.181. The summed E-state index contributed by atoms with van der Waals surface area (Å²) in [4.78, 5) is 0. The van der Waals surface area contributed by atoms with Crippen molar-refractivity contribution in [2.75, 3.05) is 13.2 Å². The van der Waals surface area contributed by atoms with E-state index >= 15 is 0 Å². The van der Waals surface area contributed by atoms with Crippen LogP contribution in [0, 0.1) is 11.8 Å². The number of aliphatic hydroxyl groups is 1. The first kappa shape index (κ1) is 6.89. The standard InChI is InChI=1S/C5H9F2NO/c6-5(7)3(1-8)4(5)2-9/h3-4,9H,1-2,8H2/t3-,4+/m0/s1. The molecule has 1 fully saturated rings. The molecule has 1 aliphatic rings. The Bertz CT molecular complexity index is 106. The van der Waals surface area contributed by atoms with Crippen LogP contribution in [0.3, 0.4) is 0 Å². The molecule has 0 amide bonds. The highest BCUT2D eigenvalue weighted by Gasteiger charge is 2.66. The Morgan fingerprint density at radius 2 is 2.00 bits per heavy atom. The van der Waals surface area contributed by atoms with Gasteiger partial charge in [0.2, 0.25) is 0 Å². The zero-order valence-corrected chi connectivity index (χ0v) is 4.85. The van der Waals surface area contributed by atoms with Crippen molar-refractivity contribution in [2.24, 2.45) is 17.6 Å². The molecule has 0 heterocycles. The van der Waals surface area contributed by atoms with E-state index in [9.17, 15) is 8.78 Å². The van der Waals surface area contributed by atoms with Crippen molar-refractivity contribution in [2.45, 2.75) is 5.92 Å². The quantitative estimate of drug-likeness (QED) is 0.554. The fourth-order valence-corrected chi connectivity index (χ4v) is 1.03. The minimum atomic E-state index is -2.69. The van der Waals surface area contributed by atoms with E-state index in [1.54, 1.807) is 0 Å². The summed E-state index contributed by atoms with van der Waals surface area (Å²) in [6.07, 6.45) is 0. The molecule has 1 saturated carbocycles. The van der Waals surface area contributed by atoms with Crippen LogP contribution in [0.15, 0.2) is 0 Å². The fourth-order valence-electron chi connectivity index (χ4n) is 1.03. The topological polar surface area (TPSA) is 46.2 Å². The van der Waals surface area contributed by atoms with Gasteiger partial charge >= 0.3 is 0 Å². The highest BCUT2D eigenvalue weighted by Crippen LogP contribution is 2.53. The Labute approximate surface area is 51.7 Å². The monoisotopic (exact) mass is 137 g/mol. The Kier molecular flexibility index (Phi) is 1.44. The van der Waals surface area contributed by atoms with Gasteiger partial charge in [-0.2, -0.15) is 0 Å². The summed E-state index contributed by atoms with van der Waals surface area (Å²) < 4.78 is 24.4. The lowest BCUT2D eigenvalue weighted by atomic mass is 10.3. The maximum atomic E-state index is 12.2. The minimum Gasteiger partial charge on any atom is -0.396 e. The molecule has 0 unspecified atom stereocenters. The second kappa shape index (κ2) is 1.88. The van der Waals surface area contributed by atoms with Crippen LogP contribution in [-0.4, -0.2) is 24.2 Å². The number of alkyl halides is 2. The van der Waals surface area contributed by atoms with Gasteiger partial charge in [0.25, 0.3) is 5.92 Å². The molecule has 2 nitrogen and oxygen atoms in total. The molecule has 0 saturated heterocycles. The number of nitrogens with two attached hydrogens (primary N) is 1. The van der Waals surface area contributed by atoms with E-state index in [2.05, 4.69) is 0 Å². The van der Waals surface area contributed by atoms with Crippen LogP contribution in [0.2, 0.25) is 0 Å². The molecular weight excluding hydrogens is 128 g/mol. The summed E-state index contributed by atoms with van der Waals surface area (Å²) in [6.45, 7) is -0.479. The molecule has 4 heteroatoms. The summed E-state index contributed by atoms with van der Waals surface area (Å²) in [5, 5.41) is 8.31. The highest BCUT2D eigenvalue weighted by atomic mass is 19.3. The smallest absolute Gasteiger partial charge is 0.258 e. The lowest BCUT2D eigenvalue weighted by molar-refractivity contribution is 0.0730. The summed E-state index contributed by atoms with van der Waals surface area (Å²) in [6, 6.07) is 0. The number of hydrogen-bond donors (Lipinski definition) is 2. The van der Waals surface area contributed by atoms with E-state index in [1.807, 2.05) is 0 Å². The first-order valence-electron chi connectivity index (χ1n) is 2.83. The third-order valence-electron chi connectivity index (χ3n) is 1.82. The van der Waals surface area contributed by atoms with Gasteiger partial charge in [-0.25, -0.2) is 8.78 Å². The van der Waals surface area contributed by atoms with Gasteiger partial charge in [-0.3, -0.25) is 0 Å². The maximum absolute atomic E-state index is 12.2. The van der Waals surface area contributed by atoms with Crippen LogP contribution in [0.1, 0.15) is 0 Å². The third-order valence-corrected chi connectivity index (χ3v) is 1.82. The van der Waals surface area contributed by atoms with Crippen molar-refractivity contribution < 1.29 is 13.9 Å². The second-order valence-corrected chi connectivity index (χ2v) is 2.31. The molecule has 3 N–H and O–H groups in total. The zero-order chi connectivity index (χ0) is 7.07. The van der Waals surface area contributed by atoms with Gasteiger partial charge < -0.3 is 10.8 Å². The van der Waals surface area contributed by atoms with E-state index in [1.165, 1.54) is 0 Å². The maximum Gasteiger partial charge on any atom is 0.258 e. The number of halogens is 2. The van der Waals surface area contributed by atoms with E-state index in [4.69, 9.17) is 10.8 Å². The van der Waals surface area contributed by atoms with Crippen molar-refractivity contribution in [3.63, 3.8) is 0 Å². The Balaban J connectivity index is 2.45. The molecule has 1 rings (SSSR count). The molecule has 54 valence electrons. The van der Waals surface area contributed by atoms with Crippen LogP contribution in [0.25, 0.3) is 0 Å². The summed E-state index contributed by atoms with van der Waals surface area (Å²) in [5.41, 5.74) is 4.98. The van der Waals surface area contributed by atoms with E-state index in [0.29, 0.717) is 0 Å². The van der Waals surface area contributed by atoms with Crippen LogP contribution < -0.4 is 5.73 Å². The largest absolute Gasteiger partial charge is 0.396 e. The number of aliphatic hydroxyl groups excluding tert-OH is 1. The lowest BCUT2D eigenvalue weighted by Gasteiger charge is -1.88. The van der Waals surface area contributed by atoms with Crippen molar-refractivity contribution >= 4 is 0 Å². The third kappa shape index (κ3) is 0.822. The van der Waals surface area contributed by atoms with E-state index < -0.39 is 24.4 Å². The molecular formula is C5H9F2NO. The average molecular weight is 137 g/mol. The number of rotatable bonds is 2. The van der Waals surface area contributed by atoms with Crippen LogP contribution >= 0.6 is 0 Å². The molecule has 0 bridgehead atoms. The molecule has 2 atom stereocenters. The van der Waals surface area contributed by atoms with Crippen LogP contribution in [0.5, 0.6) is 0 Å². The first-order valence-corrected chi connectivity index (χ1v) is 2.83. The average Bonchev–Trinajstić information content (AvgIpc) is 2.32. The summed E-state index contributed by atoms with van der Waals surface area (Å²) in [5.74, 6) is -4.34. The zero-order valence-electron chi connectivity index (χ0n) is 4.85. The van der Waals surface area contributed by atoms with Gasteiger partial charge in [0.1, 0.15) is 0 Å². The molecule has 0 radical (unpaired) electrons. The first-order chi connectivity index (χ1) is 4.14. The second-order valence-electron chi connectivity index (χ2n) is 2.31. The predicted molar refractivity (Wildman–Crippen MR) is 28.1 cm³/mol. The van der Waals surface area contributed by atoms with Crippen molar-refractivity contribution in [3.05, 3.63) is 0 Å². The van der Waals surface area contributed by atoms with Gasteiger partial charge in [-0.05, 0) is 0 Å². The van der Waals surface area contributed by atoms with Crippen molar-refractivity contribution in [1.29, 1.82) is 0 Å². The van der Waals surface area contributed by atoms with Crippen molar-refractivity contribution in [1.82, 2.24) is 0 Å². The van der Waals surface area contributed by atoms with Gasteiger partial charge in [0, 0.05) is 12.5 Å². The Morgan fingerprint density at radius 3 is 2.11 bits per heavy atom. The van der Waals surface area contributed by atoms with Crippen LogP contribution in [0.4, 0.5) is 8.78 Å². The molecule has 0 aliphatic heterocycles. The van der Waals surface area contributed by atoms with Gasteiger partial charge in [0.05, 0.1) is 12.5 Å². The Morgan fingerprint density at radius 1 is 1.44 bits per heavy atom. The molecule has 1 aliphatic carbocycles. The molecule has 9 heavy (non-hydrogen) atoms. The fraction of sp³-hybridized carbons (Fsp3) is 1.00. The van der Waals surface area contributed by atoms with Gasteiger partial charge in [0.15, 0.2) is 0 Å². The summed E-state index contributed by atoms with van der Waals surface area (Å²) in [7, 11) is 0. The van der Waals surface area contributed by atoms with Crippen LogP contribution in [-0.2, 0) is 0 Å². The van der Waals surface area contributed by atoms with Gasteiger partial charge in [-0.15, -0.1) is 0 Å². The molecule has 0 aromatic rings. The Hall–Kier alpha value is -0.220.